The normalized spacial score (nSPS) is 17.2. The first kappa shape index (κ1) is 24.2. The number of aromatic nitrogens is 1. The molecule has 1 aliphatic heterocycles. The smallest absolute Gasteiger partial charge is 0.333 e. The summed E-state index contributed by atoms with van der Waals surface area (Å²) in [5.74, 6) is -0.811. The fraction of sp³-hybridized carbons (Fsp3) is 0.214. The maximum absolute atomic E-state index is 13.4. The monoisotopic (exact) mass is 502 g/mol. The van der Waals surface area contributed by atoms with Crippen molar-refractivity contribution in [1.29, 1.82) is 0 Å². The van der Waals surface area contributed by atoms with E-state index in [-0.39, 0.29) is 23.4 Å². The van der Waals surface area contributed by atoms with E-state index in [1.54, 1.807) is 35.4 Å². The van der Waals surface area contributed by atoms with E-state index in [1.165, 1.54) is 27.2 Å². The molecule has 1 unspecified atom stereocenters. The van der Waals surface area contributed by atoms with E-state index in [4.69, 9.17) is 9.47 Å². The van der Waals surface area contributed by atoms with Crippen molar-refractivity contribution < 1.29 is 29.6 Å². The zero-order chi connectivity index (χ0) is 26.5. The molecule has 0 spiro atoms. The molecule has 1 atom stereocenters. The third-order valence-corrected chi connectivity index (χ3v) is 7.19. The molecule has 0 aliphatic carbocycles. The Bertz CT molecular complexity index is 1660. The summed E-state index contributed by atoms with van der Waals surface area (Å²) in [6.45, 7) is 0.639. The maximum Gasteiger partial charge on any atom is 0.333 e. The standard InChI is InChI=1S/C28H26N2O7/c1-28(27(34)35)20(14-31)26(33)24-22(32)7-5-15-11-21-16(8-9-29-21)10-19(15)25(24)30(28)13-17-4-6-18(36-2)12-23(17)37-3/h4-12,29,31,33H,13-14H2,1-3H3,(H,34,35). The van der Waals surface area contributed by atoms with Gasteiger partial charge < -0.3 is 34.7 Å². The molecule has 0 bridgehead atoms. The first-order chi connectivity index (χ1) is 17.7. The van der Waals surface area contributed by atoms with Crippen molar-refractivity contribution in [2.75, 3.05) is 25.7 Å². The van der Waals surface area contributed by atoms with Gasteiger partial charge in [-0.05, 0) is 48.7 Å². The average molecular weight is 503 g/mol. The number of carbonyl (C=O) groups is 1. The predicted molar refractivity (Wildman–Crippen MR) is 140 cm³/mol. The lowest BCUT2D eigenvalue weighted by molar-refractivity contribution is -0.141. The van der Waals surface area contributed by atoms with Crippen LogP contribution in [0, 0.1) is 0 Å². The van der Waals surface area contributed by atoms with Crippen molar-refractivity contribution in [3.8, 4) is 11.5 Å². The summed E-state index contributed by atoms with van der Waals surface area (Å²) in [5, 5.41) is 34.1. The van der Waals surface area contributed by atoms with Crippen LogP contribution in [0.5, 0.6) is 11.5 Å². The summed E-state index contributed by atoms with van der Waals surface area (Å²) in [4.78, 5) is 30.9. The fourth-order valence-corrected chi connectivity index (χ4v) is 5.10. The highest BCUT2D eigenvalue weighted by molar-refractivity contribution is 6.08. The molecular weight excluding hydrogens is 476 g/mol. The highest BCUT2D eigenvalue weighted by atomic mass is 16.5. The van der Waals surface area contributed by atoms with Crippen LogP contribution in [0.4, 0.5) is 5.69 Å². The Morgan fingerprint density at radius 3 is 2.51 bits per heavy atom. The summed E-state index contributed by atoms with van der Waals surface area (Å²) < 4.78 is 10.9. The first-order valence-corrected chi connectivity index (χ1v) is 11.6. The molecule has 9 heteroatoms. The second-order valence-electron chi connectivity index (χ2n) is 9.05. The van der Waals surface area contributed by atoms with Gasteiger partial charge in [0.15, 0.2) is 11.0 Å². The van der Waals surface area contributed by atoms with E-state index >= 15 is 0 Å². The van der Waals surface area contributed by atoms with Gasteiger partial charge in [-0.15, -0.1) is 0 Å². The van der Waals surface area contributed by atoms with Gasteiger partial charge >= 0.3 is 5.97 Å². The van der Waals surface area contributed by atoms with Crippen LogP contribution in [-0.4, -0.2) is 52.6 Å². The summed E-state index contributed by atoms with van der Waals surface area (Å²) in [7, 11) is 3.03. The molecule has 0 saturated carbocycles. The number of aliphatic hydroxyl groups is 2. The van der Waals surface area contributed by atoms with Gasteiger partial charge in [0.1, 0.15) is 17.3 Å². The molecule has 4 aromatic rings. The van der Waals surface area contributed by atoms with Crippen molar-refractivity contribution in [2.45, 2.75) is 19.0 Å². The van der Waals surface area contributed by atoms with Gasteiger partial charge in [0.05, 0.1) is 32.1 Å². The molecule has 0 fully saturated rings. The van der Waals surface area contributed by atoms with E-state index in [0.29, 0.717) is 27.8 Å². The molecule has 2 heterocycles. The molecule has 0 amide bonds. The summed E-state index contributed by atoms with van der Waals surface area (Å²) in [5.41, 5.74) is -0.925. The summed E-state index contributed by atoms with van der Waals surface area (Å²) in [6.07, 6.45) is 1.79. The zero-order valence-electron chi connectivity index (χ0n) is 20.5. The second-order valence-corrected chi connectivity index (χ2v) is 9.05. The van der Waals surface area contributed by atoms with Crippen LogP contribution < -0.4 is 19.8 Å². The SMILES string of the molecule is COc1ccc(CN2c3c(c(=O)ccc4cc5[nH]ccc5cc34)C(O)=C(CO)C2(C)C(=O)O)c(OC)c1. The number of nitrogens with zero attached hydrogens (tertiary/aromatic N) is 1. The Balaban J connectivity index is 1.91. The minimum atomic E-state index is -1.89. The van der Waals surface area contributed by atoms with Crippen LogP contribution in [0.3, 0.4) is 0 Å². The van der Waals surface area contributed by atoms with Crippen LogP contribution in [0.25, 0.3) is 27.4 Å². The number of fused-ring (bicyclic) bond motifs is 4. The fourth-order valence-electron chi connectivity index (χ4n) is 5.10. The molecule has 37 heavy (non-hydrogen) atoms. The van der Waals surface area contributed by atoms with Crippen molar-refractivity contribution in [2.24, 2.45) is 0 Å². The number of H-pyrrole nitrogens is 1. The van der Waals surface area contributed by atoms with Crippen molar-refractivity contribution in [3.63, 3.8) is 0 Å². The maximum atomic E-state index is 13.4. The number of carboxylic acids is 1. The van der Waals surface area contributed by atoms with Crippen molar-refractivity contribution >= 4 is 39.1 Å². The van der Waals surface area contributed by atoms with Gasteiger partial charge in [0.2, 0.25) is 0 Å². The number of aromatic amines is 1. The number of aliphatic carboxylic acids is 1. The van der Waals surface area contributed by atoms with Crippen LogP contribution in [-0.2, 0) is 11.3 Å². The topological polar surface area (TPSA) is 132 Å². The summed E-state index contributed by atoms with van der Waals surface area (Å²) in [6, 6.07) is 13.8. The van der Waals surface area contributed by atoms with Crippen molar-refractivity contribution in [1.82, 2.24) is 4.98 Å². The number of aliphatic hydroxyl groups excluding tert-OH is 2. The van der Waals surface area contributed by atoms with E-state index < -0.39 is 29.3 Å². The lowest BCUT2D eigenvalue weighted by Crippen LogP contribution is -2.57. The van der Waals surface area contributed by atoms with Gasteiger partial charge in [-0.2, -0.15) is 0 Å². The zero-order valence-corrected chi connectivity index (χ0v) is 20.5. The lowest BCUT2D eigenvalue weighted by Gasteiger charge is -2.45. The first-order valence-electron chi connectivity index (χ1n) is 11.6. The number of benzene rings is 2. The van der Waals surface area contributed by atoms with Gasteiger partial charge in [0, 0.05) is 46.2 Å². The molecule has 0 saturated heterocycles. The summed E-state index contributed by atoms with van der Waals surface area (Å²) >= 11 is 0. The number of hydrogen-bond donors (Lipinski definition) is 4. The highest BCUT2D eigenvalue weighted by Crippen LogP contribution is 2.46. The molecule has 0 radical (unpaired) electrons. The Hall–Kier alpha value is -4.50. The third kappa shape index (κ3) is 3.58. The average Bonchev–Trinajstić information content (AvgIpc) is 3.30. The van der Waals surface area contributed by atoms with Crippen molar-refractivity contribution in [3.05, 3.63) is 81.7 Å². The minimum absolute atomic E-state index is 0.0104. The largest absolute Gasteiger partial charge is 0.507 e. The van der Waals surface area contributed by atoms with Gasteiger partial charge in [-0.25, -0.2) is 4.79 Å². The van der Waals surface area contributed by atoms with Gasteiger partial charge in [-0.1, -0.05) is 6.07 Å². The number of anilines is 1. The number of ether oxygens (including phenoxy) is 2. The second kappa shape index (κ2) is 8.86. The minimum Gasteiger partial charge on any atom is -0.507 e. The molecular formula is C28H26N2O7. The third-order valence-electron chi connectivity index (χ3n) is 7.19. The van der Waals surface area contributed by atoms with Gasteiger partial charge in [0.25, 0.3) is 0 Å². The van der Waals surface area contributed by atoms with E-state index in [0.717, 1.165) is 10.9 Å². The molecule has 9 nitrogen and oxygen atoms in total. The molecule has 1 aromatic heterocycles. The molecule has 5 rings (SSSR count). The Morgan fingerprint density at radius 2 is 1.84 bits per heavy atom. The number of rotatable bonds is 6. The van der Waals surface area contributed by atoms with E-state index in [1.807, 2.05) is 18.2 Å². The quantitative estimate of drug-likeness (QED) is 0.313. The lowest BCUT2D eigenvalue weighted by atomic mass is 9.82. The number of hydrogen-bond acceptors (Lipinski definition) is 7. The van der Waals surface area contributed by atoms with Gasteiger partial charge in [-0.3, -0.25) is 4.79 Å². The van der Waals surface area contributed by atoms with Crippen LogP contribution in [0.1, 0.15) is 18.1 Å². The molecule has 4 N–H and O–H groups in total. The number of nitrogens with one attached hydrogen (secondary N) is 1. The predicted octanol–water partition coefficient (Wildman–Crippen LogP) is 3.82. The molecule has 3 aromatic carbocycles. The Morgan fingerprint density at radius 1 is 1.05 bits per heavy atom. The van der Waals surface area contributed by atoms with Crippen LogP contribution >= 0.6 is 0 Å². The number of methoxy groups -OCH3 is 2. The molecule has 190 valence electrons. The number of carboxylic acid groups (broad SMARTS) is 1. The Kier molecular flexibility index (Phi) is 5.80. The molecule has 1 aliphatic rings. The highest BCUT2D eigenvalue weighted by Gasteiger charge is 2.50. The van der Waals surface area contributed by atoms with Crippen LogP contribution in [0.2, 0.25) is 0 Å². The Labute approximate surface area is 211 Å². The van der Waals surface area contributed by atoms with E-state index in [2.05, 4.69) is 4.98 Å². The van der Waals surface area contributed by atoms with Crippen LogP contribution in [0.15, 0.2) is 65.1 Å². The van der Waals surface area contributed by atoms with E-state index in [9.17, 15) is 24.9 Å².